The number of benzene rings is 1. The fourth-order valence-corrected chi connectivity index (χ4v) is 2.07. The van der Waals surface area contributed by atoms with Crippen molar-refractivity contribution >= 4 is 15.9 Å². The molecule has 3 nitrogen and oxygen atoms in total. The van der Waals surface area contributed by atoms with Crippen molar-refractivity contribution < 1.29 is 17.9 Å². The van der Waals surface area contributed by atoms with Gasteiger partial charge in [0.15, 0.2) is 0 Å². The van der Waals surface area contributed by atoms with Crippen LogP contribution < -0.4 is 4.74 Å². The quantitative estimate of drug-likeness (QED) is 0.774. The molecule has 1 heterocycles. The van der Waals surface area contributed by atoms with Crippen molar-refractivity contribution in [2.24, 2.45) is 0 Å². The lowest BCUT2D eigenvalue weighted by molar-refractivity contribution is -0.274. The Kier molecular flexibility index (Phi) is 4.27. The van der Waals surface area contributed by atoms with Crippen molar-refractivity contribution in [1.82, 2.24) is 9.97 Å². The molecule has 0 saturated carbocycles. The third-order valence-corrected chi connectivity index (χ3v) is 2.85. The zero-order valence-corrected chi connectivity index (χ0v) is 12.0. The van der Waals surface area contributed by atoms with Crippen molar-refractivity contribution in [2.75, 3.05) is 0 Å². The van der Waals surface area contributed by atoms with Gasteiger partial charge < -0.3 is 4.74 Å². The van der Waals surface area contributed by atoms with Crippen LogP contribution in [0.4, 0.5) is 13.2 Å². The van der Waals surface area contributed by atoms with Gasteiger partial charge in [-0.2, -0.15) is 0 Å². The monoisotopic (exact) mass is 346 g/mol. The maximum Gasteiger partial charge on any atom is 0.573 e. The number of rotatable bonds is 3. The molecule has 20 heavy (non-hydrogen) atoms. The van der Waals surface area contributed by atoms with Crippen LogP contribution in [0.1, 0.15) is 12.7 Å². The van der Waals surface area contributed by atoms with Crippen LogP contribution in [0.2, 0.25) is 0 Å². The Bertz CT molecular complexity index is 617. The van der Waals surface area contributed by atoms with E-state index in [0.717, 1.165) is 0 Å². The molecule has 2 aromatic rings. The molecule has 7 heteroatoms. The first kappa shape index (κ1) is 14.8. The number of aromatic nitrogens is 2. The van der Waals surface area contributed by atoms with Gasteiger partial charge in [-0.1, -0.05) is 19.1 Å². The summed E-state index contributed by atoms with van der Waals surface area (Å²) < 4.78 is 41.7. The van der Waals surface area contributed by atoms with Crippen molar-refractivity contribution in [3.05, 3.63) is 40.8 Å². The fourth-order valence-electron chi connectivity index (χ4n) is 1.65. The summed E-state index contributed by atoms with van der Waals surface area (Å²) in [6.07, 6.45) is -4.16. The van der Waals surface area contributed by atoms with E-state index in [9.17, 15) is 13.2 Å². The zero-order valence-electron chi connectivity index (χ0n) is 10.4. The first-order valence-electron chi connectivity index (χ1n) is 5.77. The highest BCUT2D eigenvalue weighted by Gasteiger charge is 2.32. The standard InChI is InChI=1S/C13H10BrF3N2O/c1-2-12-18-9(7-11(14)19-12)8-5-3-4-6-10(8)20-13(15,16)17/h3-7H,2H2,1H3. The van der Waals surface area contributed by atoms with Crippen LogP contribution in [0.3, 0.4) is 0 Å². The summed E-state index contributed by atoms with van der Waals surface area (Å²) in [6.45, 7) is 1.86. The van der Waals surface area contributed by atoms with Gasteiger partial charge in [0.1, 0.15) is 16.2 Å². The lowest BCUT2D eigenvalue weighted by Crippen LogP contribution is -2.17. The summed E-state index contributed by atoms with van der Waals surface area (Å²) in [4.78, 5) is 8.35. The number of ether oxygens (including phenoxy) is 1. The van der Waals surface area contributed by atoms with Gasteiger partial charge in [-0.15, -0.1) is 13.2 Å². The molecule has 0 aliphatic heterocycles. The Morgan fingerprint density at radius 1 is 1.20 bits per heavy atom. The Morgan fingerprint density at radius 3 is 2.55 bits per heavy atom. The Labute approximate surface area is 122 Å². The number of hydrogen-bond donors (Lipinski definition) is 0. The van der Waals surface area contributed by atoms with Gasteiger partial charge >= 0.3 is 6.36 Å². The van der Waals surface area contributed by atoms with E-state index in [-0.39, 0.29) is 11.3 Å². The first-order valence-corrected chi connectivity index (χ1v) is 6.57. The minimum Gasteiger partial charge on any atom is -0.405 e. The molecular formula is C13H10BrF3N2O. The molecule has 0 saturated heterocycles. The van der Waals surface area contributed by atoms with Crippen LogP contribution in [0.25, 0.3) is 11.3 Å². The van der Waals surface area contributed by atoms with Crippen molar-refractivity contribution in [3.63, 3.8) is 0 Å². The number of para-hydroxylation sites is 1. The molecule has 0 fully saturated rings. The highest BCUT2D eigenvalue weighted by atomic mass is 79.9. The highest BCUT2D eigenvalue weighted by molar-refractivity contribution is 9.10. The van der Waals surface area contributed by atoms with Crippen LogP contribution in [-0.2, 0) is 6.42 Å². The first-order chi connectivity index (χ1) is 9.39. The minimum absolute atomic E-state index is 0.266. The molecule has 0 radical (unpaired) electrons. The van der Waals surface area contributed by atoms with Gasteiger partial charge in [0, 0.05) is 12.0 Å². The summed E-state index contributed by atoms with van der Waals surface area (Å²) in [5, 5.41) is 0. The second kappa shape index (κ2) is 5.78. The molecule has 1 aromatic heterocycles. The van der Waals surface area contributed by atoms with Crippen molar-refractivity contribution in [2.45, 2.75) is 19.7 Å². The Morgan fingerprint density at radius 2 is 1.90 bits per heavy atom. The average Bonchev–Trinajstić information content (AvgIpc) is 2.36. The molecule has 1 aromatic carbocycles. The fraction of sp³-hybridized carbons (Fsp3) is 0.231. The molecule has 0 amide bonds. The van der Waals surface area contributed by atoms with Gasteiger partial charge in [0.25, 0.3) is 0 Å². The average molecular weight is 347 g/mol. The van der Waals surface area contributed by atoms with E-state index in [1.165, 1.54) is 18.2 Å². The lowest BCUT2D eigenvalue weighted by Gasteiger charge is -2.13. The van der Waals surface area contributed by atoms with Crippen molar-refractivity contribution in [1.29, 1.82) is 0 Å². The number of hydrogen-bond acceptors (Lipinski definition) is 3. The van der Waals surface area contributed by atoms with Gasteiger partial charge in [-0.05, 0) is 34.1 Å². The van der Waals surface area contributed by atoms with Gasteiger partial charge in [0.2, 0.25) is 0 Å². The summed E-state index contributed by atoms with van der Waals surface area (Å²) >= 11 is 3.22. The molecule has 0 aliphatic carbocycles. The van der Waals surface area contributed by atoms with Crippen LogP contribution in [0, 0.1) is 0 Å². The summed E-state index contributed by atoms with van der Waals surface area (Å²) in [7, 11) is 0. The molecule has 0 bridgehead atoms. The summed E-state index contributed by atoms with van der Waals surface area (Å²) in [5.41, 5.74) is 0.645. The number of aryl methyl sites for hydroxylation is 1. The molecular weight excluding hydrogens is 337 g/mol. The second-order valence-electron chi connectivity index (χ2n) is 3.89. The molecule has 0 atom stereocenters. The van der Waals surface area contributed by atoms with Gasteiger partial charge in [0.05, 0.1) is 5.69 Å². The number of alkyl halides is 3. The normalized spacial score (nSPS) is 11.4. The predicted octanol–water partition coefficient (Wildman–Crippen LogP) is 4.37. The molecule has 106 valence electrons. The third kappa shape index (κ3) is 3.69. The molecule has 0 aliphatic rings. The van der Waals surface area contributed by atoms with Gasteiger partial charge in [-0.3, -0.25) is 0 Å². The van der Waals surface area contributed by atoms with Crippen LogP contribution in [0.15, 0.2) is 34.9 Å². The Balaban J connectivity index is 2.50. The van der Waals surface area contributed by atoms with E-state index in [2.05, 4.69) is 30.6 Å². The number of halogens is 4. The largest absolute Gasteiger partial charge is 0.573 e. The van der Waals surface area contributed by atoms with E-state index in [1.807, 2.05) is 6.92 Å². The van der Waals surface area contributed by atoms with E-state index in [4.69, 9.17) is 0 Å². The van der Waals surface area contributed by atoms with Crippen LogP contribution in [-0.4, -0.2) is 16.3 Å². The smallest absolute Gasteiger partial charge is 0.405 e. The minimum atomic E-state index is -4.74. The zero-order chi connectivity index (χ0) is 14.8. The van der Waals surface area contributed by atoms with Crippen molar-refractivity contribution in [3.8, 4) is 17.0 Å². The molecule has 0 N–H and O–H groups in total. The highest BCUT2D eigenvalue weighted by Crippen LogP contribution is 2.33. The van der Waals surface area contributed by atoms with E-state index in [0.29, 0.717) is 22.5 Å². The number of nitrogens with zero attached hydrogens (tertiary/aromatic N) is 2. The molecule has 0 unspecified atom stereocenters. The predicted molar refractivity (Wildman–Crippen MR) is 71.2 cm³/mol. The topological polar surface area (TPSA) is 35.0 Å². The third-order valence-electron chi connectivity index (χ3n) is 2.45. The summed E-state index contributed by atoms with van der Waals surface area (Å²) in [5.74, 6) is 0.254. The summed E-state index contributed by atoms with van der Waals surface area (Å²) in [6, 6.07) is 7.43. The maximum atomic E-state index is 12.4. The Hall–Kier alpha value is -1.63. The lowest BCUT2D eigenvalue weighted by atomic mass is 10.1. The molecule has 0 spiro atoms. The van der Waals surface area contributed by atoms with Crippen LogP contribution in [0.5, 0.6) is 5.75 Å². The van der Waals surface area contributed by atoms with E-state index in [1.54, 1.807) is 12.1 Å². The maximum absolute atomic E-state index is 12.4. The van der Waals surface area contributed by atoms with E-state index >= 15 is 0 Å². The van der Waals surface area contributed by atoms with Crippen LogP contribution >= 0.6 is 15.9 Å². The SMILES string of the molecule is CCc1nc(Br)cc(-c2ccccc2OC(F)(F)F)n1. The molecule has 2 rings (SSSR count). The van der Waals surface area contributed by atoms with Gasteiger partial charge in [-0.25, -0.2) is 9.97 Å². The second-order valence-corrected chi connectivity index (χ2v) is 4.70. The van der Waals surface area contributed by atoms with E-state index < -0.39 is 6.36 Å².